The normalized spacial score (nSPS) is 18.4. The fourth-order valence-electron chi connectivity index (χ4n) is 2.43. The Kier molecular flexibility index (Phi) is 5.21. The Labute approximate surface area is 122 Å². The molecule has 1 aromatic heterocycles. The summed E-state index contributed by atoms with van der Waals surface area (Å²) in [6.45, 7) is 1.72. The lowest BCUT2D eigenvalue weighted by atomic mass is 9.96. The number of carbonyl (C=O) groups is 2. The van der Waals surface area contributed by atoms with Crippen LogP contribution in [0, 0.1) is 11.7 Å². The highest BCUT2D eigenvalue weighted by Crippen LogP contribution is 2.18. The van der Waals surface area contributed by atoms with Gasteiger partial charge >= 0.3 is 0 Å². The van der Waals surface area contributed by atoms with E-state index in [9.17, 15) is 14.0 Å². The molecule has 7 heteroatoms. The van der Waals surface area contributed by atoms with Crippen molar-refractivity contribution in [2.75, 3.05) is 26.2 Å². The molecular formula is C14H19FN4O2. The first-order valence-electron chi connectivity index (χ1n) is 6.99. The van der Waals surface area contributed by atoms with E-state index >= 15 is 0 Å². The van der Waals surface area contributed by atoms with Crippen LogP contribution in [0.5, 0.6) is 0 Å². The fraction of sp³-hybridized carbons (Fsp3) is 0.500. The predicted octanol–water partition coefficient (Wildman–Crippen LogP) is 0.148. The van der Waals surface area contributed by atoms with Crippen molar-refractivity contribution in [3.63, 3.8) is 0 Å². The number of hydrogen-bond donors (Lipinski definition) is 2. The molecule has 114 valence electrons. The van der Waals surface area contributed by atoms with Gasteiger partial charge in [-0.15, -0.1) is 0 Å². The van der Waals surface area contributed by atoms with Gasteiger partial charge in [-0.25, -0.2) is 4.39 Å². The van der Waals surface area contributed by atoms with Gasteiger partial charge in [0.05, 0.1) is 17.7 Å². The maximum atomic E-state index is 13.1. The number of carbonyl (C=O) groups excluding carboxylic acids is 2. The third-order valence-electron chi connectivity index (χ3n) is 3.47. The Hall–Kier alpha value is -2.02. The van der Waals surface area contributed by atoms with Crippen LogP contribution < -0.4 is 11.1 Å². The van der Waals surface area contributed by atoms with E-state index in [1.165, 1.54) is 6.20 Å². The van der Waals surface area contributed by atoms with Crippen LogP contribution in [-0.2, 0) is 4.79 Å². The molecule has 0 aliphatic carbocycles. The van der Waals surface area contributed by atoms with E-state index in [1.54, 1.807) is 4.90 Å². The number of likely N-dealkylation sites (tertiary alicyclic amines) is 1. The quantitative estimate of drug-likeness (QED) is 0.827. The number of amides is 2. The van der Waals surface area contributed by atoms with Gasteiger partial charge in [0.25, 0.3) is 5.91 Å². The molecule has 21 heavy (non-hydrogen) atoms. The average molecular weight is 294 g/mol. The highest BCUT2D eigenvalue weighted by Gasteiger charge is 2.28. The molecule has 0 saturated carbocycles. The van der Waals surface area contributed by atoms with E-state index in [-0.39, 0.29) is 23.3 Å². The van der Waals surface area contributed by atoms with Crippen molar-refractivity contribution in [3.8, 4) is 0 Å². The number of nitrogens with one attached hydrogen (secondary N) is 1. The van der Waals surface area contributed by atoms with Gasteiger partial charge in [-0.1, -0.05) is 0 Å². The van der Waals surface area contributed by atoms with Crippen molar-refractivity contribution >= 4 is 11.8 Å². The molecule has 0 aromatic carbocycles. The lowest BCUT2D eigenvalue weighted by molar-refractivity contribution is -0.126. The van der Waals surface area contributed by atoms with Crippen molar-refractivity contribution in [3.05, 3.63) is 29.8 Å². The summed E-state index contributed by atoms with van der Waals surface area (Å²) in [4.78, 5) is 29.5. The zero-order chi connectivity index (χ0) is 15.2. The van der Waals surface area contributed by atoms with Crippen molar-refractivity contribution < 1.29 is 14.0 Å². The van der Waals surface area contributed by atoms with E-state index in [2.05, 4.69) is 10.3 Å². The fourth-order valence-corrected chi connectivity index (χ4v) is 2.43. The van der Waals surface area contributed by atoms with E-state index in [4.69, 9.17) is 5.73 Å². The van der Waals surface area contributed by atoms with Crippen LogP contribution in [0.15, 0.2) is 18.5 Å². The van der Waals surface area contributed by atoms with Crippen molar-refractivity contribution in [1.29, 1.82) is 0 Å². The van der Waals surface area contributed by atoms with Crippen LogP contribution in [0.1, 0.15) is 23.2 Å². The second-order valence-corrected chi connectivity index (χ2v) is 5.06. The minimum absolute atomic E-state index is 0.0877. The molecule has 0 spiro atoms. The van der Waals surface area contributed by atoms with E-state index in [0.717, 1.165) is 25.1 Å². The molecule has 1 fully saturated rings. The molecule has 0 bridgehead atoms. The monoisotopic (exact) mass is 294 g/mol. The number of pyridine rings is 1. The summed E-state index contributed by atoms with van der Waals surface area (Å²) in [5.41, 5.74) is 5.56. The molecule has 2 rings (SSSR count). The first-order chi connectivity index (χ1) is 10.1. The van der Waals surface area contributed by atoms with Crippen molar-refractivity contribution in [2.24, 2.45) is 11.7 Å². The second-order valence-electron chi connectivity index (χ2n) is 5.06. The Morgan fingerprint density at radius 2 is 2.29 bits per heavy atom. The Bertz CT molecular complexity index is 523. The Morgan fingerprint density at radius 1 is 1.48 bits per heavy atom. The Balaban J connectivity index is 2.00. The first-order valence-corrected chi connectivity index (χ1v) is 6.99. The highest BCUT2D eigenvalue weighted by atomic mass is 19.1. The van der Waals surface area contributed by atoms with Gasteiger partial charge in [0.1, 0.15) is 5.82 Å². The SMILES string of the molecule is NCCNC(=O)C1CCCN(C(=O)c2cncc(F)c2)C1. The summed E-state index contributed by atoms with van der Waals surface area (Å²) in [7, 11) is 0. The molecule has 1 saturated heterocycles. The van der Waals surface area contributed by atoms with E-state index < -0.39 is 5.82 Å². The maximum Gasteiger partial charge on any atom is 0.255 e. The Morgan fingerprint density at radius 3 is 3.00 bits per heavy atom. The zero-order valence-corrected chi connectivity index (χ0v) is 11.7. The molecule has 6 nitrogen and oxygen atoms in total. The van der Waals surface area contributed by atoms with Gasteiger partial charge in [-0.05, 0) is 18.9 Å². The summed E-state index contributed by atoms with van der Waals surface area (Å²) < 4.78 is 13.1. The highest BCUT2D eigenvalue weighted by molar-refractivity contribution is 5.94. The van der Waals surface area contributed by atoms with Crippen LogP contribution >= 0.6 is 0 Å². The van der Waals surface area contributed by atoms with Crippen molar-refractivity contribution in [1.82, 2.24) is 15.2 Å². The number of nitrogens with zero attached hydrogens (tertiary/aromatic N) is 2. The zero-order valence-electron chi connectivity index (χ0n) is 11.7. The van der Waals surface area contributed by atoms with Crippen LogP contribution in [0.2, 0.25) is 0 Å². The van der Waals surface area contributed by atoms with Gasteiger partial charge < -0.3 is 16.0 Å². The summed E-state index contributed by atoms with van der Waals surface area (Å²) in [5, 5.41) is 2.74. The summed E-state index contributed by atoms with van der Waals surface area (Å²) in [5.74, 6) is -1.17. The molecule has 1 atom stereocenters. The average Bonchev–Trinajstić information content (AvgIpc) is 2.52. The van der Waals surface area contributed by atoms with E-state index in [0.29, 0.717) is 26.2 Å². The molecular weight excluding hydrogens is 275 g/mol. The summed E-state index contributed by atoms with van der Waals surface area (Å²) >= 11 is 0. The number of nitrogens with two attached hydrogens (primary N) is 1. The number of hydrogen-bond acceptors (Lipinski definition) is 4. The molecule has 1 unspecified atom stereocenters. The van der Waals surface area contributed by atoms with Crippen molar-refractivity contribution in [2.45, 2.75) is 12.8 Å². The molecule has 2 heterocycles. The number of aromatic nitrogens is 1. The van der Waals surface area contributed by atoms with Gasteiger partial charge in [0.15, 0.2) is 0 Å². The standard InChI is InChI=1S/C14H19FN4O2/c15-12-6-11(7-17-8-12)14(21)19-5-1-2-10(9-19)13(20)18-4-3-16/h6-8,10H,1-5,9,16H2,(H,18,20). The van der Waals surface area contributed by atoms with Gasteiger partial charge in [-0.2, -0.15) is 0 Å². The lowest BCUT2D eigenvalue weighted by Gasteiger charge is -2.32. The molecule has 3 N–H and O–H groups in total. The van der Waals surface area contributed by atoms with Gasteiger partial charge in [0, 0.05) is 32.4 Å². The molecule has 1 aliphatic rings. The topological polar surface area (TPSA) is 88.3 Å². The summed E-state index contributed by atoms with van der Waals surface area (Å²) in [6.07, 6.45) is 3.87. The molecule has 0 radical (unpaired) electrons. The number of piperidine rings is 1. The second kappa shape index (κ2) is 7.12. The van der Waals surface area contributed by atoms with E-state index in [1.807, 2.05) is 0 Å². The number of halogens is 1. The van der Waals surface area contributed by atoms with Gasteiger partial charge in [0.2, 0.25) is 5.91 Å². The van der Waals surface area contributed by atoms with Gasteiger partial charge in [-0.3, -0.25) is 14.6 Å². The molecule has 1 aromatic rings. The number of rotatable bonds is 4. The summed E-state index contributed by atoms with van der Waals surface area (Å²) in [6, 6.07) is 1.16. The van der Waals surface area contributed by atoms with Crippen LogP contribution in [-0.4, -0.2) is 47.9 Å². The molecule has 1 aliphatic heterocycles. The van der Waals surface area contributed by atoms with Crippen LogP contribution in [0.4, 0.5) is 4.39 Å². The molecule has 2 amide bonds. The predicted molar refractivity (Wildman–Crippen MR) is 74.9 cm³/mol. The minimum Gasteiger partial charge on any atom is -0.355 e. The maximum absolute atomic E-state index is 13.1. The first kappa shape index (κ1) is 15.4. The largest absolute Gasteiger partial charge is 0.355 e. The van der Waals surface area contributed by atoms with Crippen LogP contribution in [0.25, 0.3) is 0 Å². The smallest absolute Gasteiger partial charge is 0.255 e. The minimum atomic E-state index is -0.546. The lowest BCUT2D eigenvalue weighted by Crippen LogP contribution is -2.46. The third-order valence-corrected chi connectivity index (χ3v) is 3.47. The third kappa shape index (κ3) is 3.98. The van der Waals surface area contributed by atoms with Crippen LogP contribution in [0.3, 0.4) is 0 Å².